The third-order valence-electron chi connectivity index (χ3n) is 6.12. The molecular weight excluding hydrogens is 404 g/mol. The molecule has 0 N–H and O–H groups in total. The van der Waals surface area contributed by atoms with Crippen LogP contribution in [-0.2, 0) is 20.6 Å². The molecule has 0 bridgehead atoms. The first kappa shape index (κ1) is 20.0. The van der Waals surface area contributed by atoms with Gasteiger partial charge in [0.2, 0.25) is 5.78 Å². The number of aromatic nitrogens is 6. The van der Waals surface area contributed by atoms with E-state index in [9.17, 15) is 9.59 Å². The molecule has 0 saturated heterocycles. The summed E-state index contributed by atoms with van der Waals surface area (Å²) in [5.74, 6) is 1.11. The average Bonchev–Trinajstić information content (AvgIpc) is 3.33. The van der Waals surface area contributed by atoms with Crippen LogP contribution in [-0.4, -0.2) is 28.3 Å². The fraction of sp³-hybridized carbons (Fsp3) is 0.250. The Kier molecular flexibility index (Phi) is 4.40. The van der Waals surface area contributed by atoms with Crippen molar-refractivity contribution in [3.8, 4) is 11.4 Å². The summed E-state index contributed by atoms with van der Waals surface area (Å²) in [4.78, 5) is 26.1. The first-order valence-corrected chi connectivity index (χ1v) is 10.4. The van der Waals surface area contributed by atoms with E-state index in [1.807, 2.05) is 54.0 Å². The van der Waals surface area contributed by atoms with E-state index in [0.29, 0.717) is 29.3 Å². The zero-order valence-electron chi connectivity index (χ0n) is 18.7. The molecule has 0 fully saturated rings. The molecule has 0 atom stereocenters. The van der Waals surface area contributed by atoms with Crippen LogP contribution in [0.3, 0.4) is 0 Å². The zero-order valence-corrected chi connectivity index (χ0v) is 18.7. The molecule has 5 aromatic rings. The van der Waals surface area contributed by atoms with E-state index in [2.05, 4.69) is 28.4 Å². The predicted molar refractivity (Wildman–Crippen MR) is 124 cm³/mol. The summed E-state index contributed by atoms with van der Waals surface area (Å²) in [5, 5.41) is 8.90. The molecule has 5 rings (SSSR count). The van der Waals surface area contributed by atoms with Crippen LogP contribution in [0, 0.1) is 20.8 Å². The molecule has 0 aliphatic carbocycles. The minimum atomic E-state index is -0.392. The standard InChI is InChI=1S/C24H24N6O2/c1-14-7-10-17(11-8-14)20-25-26-23-29(13-18-12-15(2)6-9-16(18)3)19-21(30(20)23)27(4)24(32)28(5)22(19)31/h6-12H,13H2,1-5H3. The molecule has 0 aliphatic heterocycles. The predicted octanol–water partition coefficient (Wildman–Crippen LogP) is 2.72. The second kappa shape index (κ2) is 7.05. The second-order valence-corrected chi connectivity index (χ2v) is 8.42. The normalized spacial score (nSPS) is 11.7. The van der Waals surface area contributed by atoms with Crippen LogP contribution in [0.1, 0.15) is 22.3 Å². The lowest BCUT2D eigenvalue weighted by Gasteiger charge is -2.10. The van der Waals surface area contributed by atoms with Crippen molar-refractivity contribution in [2.45, 2.75) is 27.3 Å². The molecule has 0 radical (unpaired) electrons. The highest BCUT2D eigenvalue weighted by Gasteiger charge is 2.24. The van der Waals surface area contributed by atoms with Gasteiger partial charge in [0.15, 0.2) is 17.0 Å². The van der Waals surface area contributed by atoms with Crippen LogP contribution >= 0.6 is 0 Å². The Labute approximate surface area is 184 Å². The van der Waals surface area contributed by atoms with E-state index < -0.39 is 5.69 Å². The van der Waals surface area contributed by atoms with E-state index >= 15 is 0 Å². The number of hydrogen-bond acceptors (Lipinski definition) is 4. The van der Waals surface area contributed by atoms with Gasteiger partial charge in [-0.2, -0.15) is 0 Å². The van der Waals surface area contributed by atoms with Gasteiger partial charge in [-0.15, -0.1) is 10.2 Å². The molecule has 0 aliphatic rings. The van der Waals surface area contributed by atoms with Gasteiger partial charge in [-0.3, -0.25) is 18.5 Å². The highest BCUT2D eigenvalue weighted by Crippen LogP contribution is 2.26. The third-order valence-corrected chi connectivity index (χ3v) is 6.12. The van der Waals surface area contributed by atoms with Gasteiger partial charge in [0, 0.05) is 19.7 Å². The molecule has 2 aromatic carbocycles. The summed E-state index contributed by atoms with van der Waals surface area (Å²) in [6.45, 7) is 6.56. The van der Waals surface area contributed by atoms with Gasteiger partial charge in [0.25, 0.3) is 5.56 Å². The van der Waals surface area contributed by atoms with Crippen molar-refractivity contribution in [3.05, 3.63) is 85.6 Å². The SMILES string of the molecule is Cc1ccc(-c2nnc3n(Cc4cc(C)ccc4C)c4c(=O)n(C)c(=O)n(C)c4n23)cc1. The molecular formula is C24H24N6O2. The number of nitrogens with zero attached hydrogens (tertiary/aromatic N) is 6. The third kappa shape index (κ3) is 2.83. The van der Waals surface area contributed by atoms with Gasteiger partial charge in [0.1, 0.15) is 0 Å². The maximum Gasteiger partial charge on any atom is 0.332 e. The first-order valence-electron chi connectivity index (χ1n) is 10.4. The Morgan fingerprint density at radius 1 is 0.844 bits per heavy atom. The Hall–Kier alpha value is -3.94. The van der Waals surface area contributed by atoms with E-state index in [1.54, 1.807) is 7.05 Å². The van der Waals surface area contributed by atoms with Gasteiger partial charge in [-0.05, 0) is 31.9 Å². The number of hydrogen-bond donors (Lipinski definition) is 0. The Morgan fingerprint density at radius 3 is 2.25 bits per heavy atom. The molecule has 0 spiro atoms. The number of fused-ring (bicyclic) bond motifs is 3. The van der Waals surface area contributed by atoms with Gasteiger partial charge in [-0.25, -0.2) is 9.20 Å². The average molecular weight is 428 g/mol. The van der Waals surface area contributed by atoms with Crippen molar-refractivity contribution in [1.29, 1.82) is 0 Å². The van der Waals surface area contributed by atoms with Crippen molar-refractivity contribution in [1.82, 2.24) is 28.3 Å². The van der Waals surface area contributed by atoms with Crippen molar-refractivity contribution in [2.24, 2.45) is 14.1 Å². The van der Waals surface area contributed by atoms with Gasteiger partial charge in [0.05, 0.1) is 6.54 Å². The number of benzene rings is 2. The maximum absolute atomic E-state index is 13.3. The summed E-state index contributed by atoms with van der Waals surface area (Å²) >= 11 is 0. The molecule has 32 heavy (non-hydrogen) atoms. The lowest BCUT2D eigenvalue weighted by atomic mass is 10.1. The molecule has 0 unspecified atom stereocenters. The van der Waals surface area contributed by atoms with E-state index in [-0.39, 0.29) is 5.56 Å². The Bertz CT molecular complexity index is 1630. The van der Waals surface area contributed by atoms with E-state index in [1.165, 1.54) is 11.6 Å². The highest BCUT2D eigenvalue weighted by atomic mass is 16.2. The summed E-state index contributed by atoms with van der Waals surface area (Å²) in [6.07, 6.45) is 0. The first-order chi connectivity index (χ1) is 15.3. The molecule has 8 nitrogen and oxygen atoms in total. The van der Waals surface area contributed by atoms with Gasteiger partial charge >= 0.3 is 5.69 Å². The van der Waals surface area contributed by atoms with Crippen molar-refractivity contribution in [2.75, 3.05) is 0 Å². The van der Waals surface area contributed by atoms with Crippen LogP contribution in [0.15, 0.2) is 52.1 Å². The smallest absolute Gasteiger partial charge is 0.298 e. The lowest BCUT2D eigenvalue weighted by molar-refractivity contribution is 0.700. The topological polar surface area (TPSA) is 79.1 Å². The minimum Gasteiger partial charge on any atom is -0.298 e. The zero-order chi connectivity index (χ0) is 22.7. The fourth-order valence-electron chi connectivity index (χ4n) is 4.23. The second-order valence-electron chi connectivity index (χ2n) is 8.42. The van der Waals surface area contributed by atoms with E-state index in [0.717, 1.165) is 32.4 Å². The molecule has 8 heteroatoms. The van der Waals surface area contributed by atoms with Crippen molar-refractivity contribution < 1.29 is 0 Å². The molecule has 0 saturated carbocycles. The quantitative estimate of drug-likeness (QED) is 0.443. The van der Waals surface area contributed by atoms with Crippen LogP contribution in [0.5, 0.6) is 0 Å². The van der Waals surface area contributed by atoms with Gasteiger partial charge in [-0.1, -0.05) is 53.6 Å². The fourth-order valence-corrected chi connectivity index (χ4v) is 4.23. The summed E-state index contributed by atoms with van der Waals surface area (Å²) in [5.41, 5.74) is 5.50. The van der Waals surface area contributed by atoms with Crippen LogP contribution in [0.25, 0.3) is 28.3 Å². The largest absolute Gasteiger partial charge is 0.332 e. The molecule has 0 amide bonds. The molecule has 3 heterocycles. The monoisotopic (exact) mass is 428 g/mol. The Balaban J connectivity index is 1.91. The number of aryl methyl sites for hydroxylation is 4. The lowest BCUT2D eigenvalue weighted by Crippen LogP contribution is -2.37. The number of imidazole rings is 1. The van der Waals surface area contributed by atoms with E-state index in [4.69, 9.17) is 0 Å². The summed E-state index contributed by atoms with van der Waals surface area (Å²) in [7, 11) is 3.17. The summed E-state index contributed by atoms with van der Waals surface area (Å²) < 4.78 is 6.31. The molecule has 162 valence electrons. The minimum absolute atomic E-state index is 0.353. The van der Waals surface area contributed by atoms with Crippen molar-refractivity contribution >= 4 is 16.9 Å². The Morgan fingerprint density at radius 2 is 1.53 bits per heavy atom. The van der Waals surface area contributed by atoms with Crippen LogP contribution in [0.4, 0.5) is 0 Å². The van der Waals surface area contributed by atoms with Crippen molar-refractivity contribution in [3.63, 3.8) is 0 Å². The molecule has 3 aromatic heterocycles. The van der Waals surface area contributed by atoms with Gasteiger partial charge < -0.3 is 0 Å². The van der Waals surface area contributed by atoms with Crippen LogP contribution < -0.4 is 11.2 Å². The maximum atomic E-state index is 13.3. The highest BCUT2D eigenvalue weighted by molar-refractivity contribution is 5.80. The number of rotatable bonds is 3. The summed E-state index contributed by atoms with van der Waals surface area (Å²) in [6, 6.07) is 14.2. The van der Waals surface area contributed by atoms with Crippen LogP contribution in [0.2, 0.25) is 0 Å².